The molecule has 1 aromatic heterocycles. The van der Waals surface area contributed by atoms with E-state index in [2.05, 4.69) is 32.7 Å². The van der Waals surface area contributed by atoms with Crippen molar-refractivity contribution in [1.29, 1.82) is 0 Å². The van der Waals surface area contributed by atoms with Crippen molar-refractivity contribution in [3.05, 3.63) is 44.6 Å². The third-order valence-corrected chi connectivity index (χ3v) is 4.48. The first-order valence-electron chi connectivity index (χ1n) is 5.82. The van der Waals surface area contributed by atoms with Crippen molar-refractivity contribution in [3.63, 3.8) is 0 Å². The van der Waals surface area contributed by atoms with Crippen LogP contribution in [0.15, 0.2) is 33.4 Å². The first-order chi connectivity index (χ1) is 9.19. The van der Waals surface area contributed by atoms with Crippen molar-refractivity contribution in [2.75, 3.05) is 21.3 Å². The van der Waals surface area contributed by atoms with Crippen LogP contribution in [0.25, 0.3) is 0 Å². The largest absolute Gasteiger partial charge is 0.497 e. The third-order valence-electron chi connectivity index (χ3n) is 2.96. The van der Waals surface area contributed by atoms with Crippen LogP contribution < -0.4 is 14.8 Å². The zero-order valence-electron chi connectivity index (χ0n) is 11.1. The van der Waals surface area contributed by atoms with Gasteiger partial charge in [0.1, 0.15) is 11.5 Å². The van der Waals surface area contributed by atoms with Gasteiger partial charge in [0.25, 0.3) is 0 Å². The molecule has 19 heavy (non-hydrogen) atoms. The molecule has 1 aromatic carbocycles. The molecule has 1 heterocycles. The van der Waals surface area contributed by atoms with Gasteiger partial charge in [-0.05, 0) is 52.1 Å². The molecule has 0 radical (unpaired) electrons. The molecule has 0 bridgehead atoms. The van der Waals surface area contributed by atoms with E-state index in [9.17, 15) is 0 Å². The topological polar surface area (TPSA) is 30.5 Å². The minimum Gasteiger partial charge on any atom is -0.497 e. The minimum atomic E-state index is 0.100. The van der Waals surface area contributed by atoms with E-state index in [-0.39, 0.29) is 6.04 Å². The van der Waals surface area contributed by atoms with Crippen molar-refractivity contribution in [2.45, 2.75) is 6.04 Å². The van der Waals surface area contributed by atoms with Crippen LogP contribution in [0, 0.1) is 0 Å². The Balaban J connectivity index is 2.43. The molecule has 5 heteroatoms. The molecule has 0 fully saturated rings. The Labute approximate surface area is 125 Å². The van der Waals surface area contributed by atoms with Gasteiger partial charge in [0, 0.05) is 11.6 Å². The number of methoxy groups -OCH3 is 2. The summed E-state index contributed by atoms with van der Waals surface area (Å²) in [7, 11) is 5.27. The Morgan fingerprint density at radius 2 is 2.00 bits per heavy atom. The third kappa shape index (κ3) is 3.11. The summed E-state index contributed by atoms with van der Waals surface area (Å²) in [5.74, 6) is 1.61. The van der Waals surface area contributed by atoms with Gasteiger partial charge in [-0.2, -0.15) is 0 Å². The molecule has 0 spiro atoms. The standard InChI is InChI=1S/C14H16BrNO2S/c1-16-14(9-6-13(15)19-8-9)11-5-4-10(17-2)7-12(11)18-3/h4-8,14,16H,1-3H3. The van der Waals surface area contributed by atoms with Crippen LogP contribution in [-0.2, 0) is 0 Å². The highest BCUT2D eigenvalue weighted by atomic mass is 79.9. The molecule has 1 atom stereocenters. The normalized spacial score (nSPS) is 12.2. The molecular formula is C14H16BrNO2S. The molecule has 2 aromatic rings. The summed E-state index contributed by atoms with van der Waals surface area (Å²) in [5, 5.41) is 5.46. The fraction of sp³-hybridized carbons (Fsp3) is 0.286. The lowest BCUT2D eigenvalue weighted by atomic mass is 10.0. The number of ether oxygens (including phenoxy) is 2. The highest BCUT2D eigenvalue weighted by Gasteiger charge is 2.18. The van der Waals surface area contributed by atoms with Crippen LogP contribution in [0.1, 0.15) is 17.2 Å². The van der Waals surface area contributed by atoms with Gasteiger partial charge >= 0.3 is 0 Å². The van der Waals surface area contributed by atoms with Crippen LogP contribution in [-0.4, -0.2) is 21.3 Å². The van der Waals surface area contributed by atoms with Crippen LogP contribution in [0.4, 0.5) is 0 Å². The van der Waals surface area contributed by atoms with Gasteiger partial charge in [0.15, 0.2) is 0 Å². The average Bonchev–Trinajstić information content (AvgIpc) is 2.86. The smallest absolute Gasteiger partial charge is 0.127 e. The van der Waals surface area contributed by atoms with Crippen molar-refractivity contribution in [1.82, 2.24) is 5.32 Å². The SMILES string of the molecule is CNC(c1csc(Br)c1)c1ccc(OC)cc1OC. The molecule has 2 rings (SSSR count). The van der Waals surface area contributed by atoms with Gasteiger partial charge in [0.2, 0.25) is 0 Å². The first-order valence-corrected chi connectivity index (χ1v) is 7.50. The van der Waals surface area contributed by atoms with Crippen LogP contribution in [0.3, 0.4) is 0 Å². The molecule has 102 valence electrons. The summed E-state index contributed by atoms with van der Waals surface area (Å²) in [6, 6.07) is 8.10. The van der Waals surface area contributed by atoms with Gasteiger partial charge in [-0.25, -0.2) is 0 Å². The number of hydrogen-bond acceptors (Lipinski definition) is 4. The zero-order valence-corrected chi connectivity index (χ0v) is 13.5. The van der Waals surface area contributed by atoms with E-state index in [1.165, 1.54) is 5.56 Å². The maximum atomic E-state index is 5.47. The maximum Gasteiger partial charge on any atom is 0.127 e. The fourth-order valence-corrected chi connectivity index (χ4v) is 3.24. The monoisotopic (exact) mass is 341 g/mol. The number of halogens is 1. The Kier molecular flexibility index (Phi) is 4.85. The number of rotatable bonds is 5. The van der Waals surface area contributed by atoms with Crippen molar-refractivity contribution < 1.29 is 9.47 Å². The van der Waals surface area contributed by atoms with E-state index in [0.29, 0.717) is 0 Å². The van der Waals surface area contributed by atoms with E-state index in [1.807, 2.05) is 25.2 Å². The number of nitrogens with one attached hydrogen (secondary N) is 1. The summed E-state index contributed by atoms with van der Waals surface area (Å²) in [6.07, 6.45) is 0. The molecule has 0 aliphatic heterocycles. The maximum absolute atomic E-state index is 5.47. The molecular weight excluding hydrogens is 326 g/mol. The molecule has 0 saturated heterocycles. The van der Waals surface area contributed by atoms with E-state index in [1.54, 1.807) is 25.6 Å². The zero-order chi connectivity index (χ0) is 13.8. The summed E-state index contributed by atoms with van der Waals surface area (Å²) < 4.78 is 11.8. The van der Waals surface area contributed by atoms with Crippen molar-refractivity contribution in [3.8, 4) is 11.5 Å². The number of hydrogen-bond donors (Lipinski definition) is 1. The van der Waals surface area contributed by atoms with Crippen LogP contribution in [0.5, 0.6) is 11.5 Å². The Hall–Kier alpha value is -1.04. The molecule has 0 saturated carbocycles. The quantitative estimate of drug-likeness (QED) is 0.896. The second-order valence-electron chi connectivity index (χ2n) is 4.01. The Bertz CT molecular complexity index is 556. The molecule has 3 nitrogen and oxygen atoms in total. The molecule has 0 amide bonds. The second kappa shape index (κ2) is 6.41. The Morgan fingerprint density at radius 1 is 1.21 bits per heavy atom. The van der Waals surface area contributed by atoms with Crippen molar-refractivity contribution in [2.24, 2.45) is 0 Å². The second-order valence-corrected chi connectivity index (χ2v) is 6.30. The number of benzene rings is 1. The lowest BCUT2D eigenvalue weighted by Gasteiger charge is -2.19. The molecule has 1 unspecified atom stereocenters. The van der Waals surface area contributed by atoms with E-state index in [0.717, 1.165) is 20.8 Å². The minimum absolute atomic E-state index is 0.100. The Morgan fingerprint density at radius 3 is 2.53 bits per heavy atom. The highest BCUT2D eigenvalue weighted by molar-refractivity contribution is 9.11. The van der Waals surface area contributed by atoms with Crippen LogP contribution >= 0.6 is 27.3 Å². The summed E-state index contributed by atoms with van der Waals surface area (Å²) >= 11 is 5.18. The van der Waals surface area contributed by atoms with E-state index >= 15 is 0 Å². The summed E-state index contributed by atoms with van der Waals surface area (Å²) in [4.78, 5) is 0. The van der Waals surface area contributed by atoms with Gasteiger partial charge in [-0.1, -0.05) is 0 Å². The summed E-state index contributed by atoms with van der Waals surface area (Å²) in [5.41, 5.74) is 2.30. The van der Waals surface area contributed by atoms with Crippen molar-refractivity contribution >= 4 is 27.3 Å². The highest BCUT2D eigenvalue weighted by Crippen LogP contribution is 2.35. The number of thiophene rings is 1. The lowest BCUT2D eigenvalue weighted by molar-refractivity contribution is 0.388. The first kappa shape index (κ1) is 14.4. The van der Waals surface area contributed by atoms with E-state index in [4.69, 9.17) is 9.47 Å². The molecule has 1 N–H and O–H groups in total. The summed E-state index contributed by atoms with van der Waals surface area (Å²) in [6.45, 7) is 0. The van der Waals surface area contributed by atoms with Crippen LogP contribution in [0.2, 0.25) is 0 Å². The van der Waals surface area contributed by atoms with Gasteiger partial charge < -0.3 is 14.8 Å². The molecule has 0 aliphatic carbocycles. The predicted octanol–water partition coefficient (Wildman–Crippen LogP) is 3.84. The van der Waals surface area contributed by atoms with Gasteiger partial charge in [0.05, 0.1) is 24.0 Å². The lowest BCUT2D eigenvalue weighted by Crippen LogP contribution is -2.17. The van der Waals surface area contributed by atoms with Gasteiger partial charge in [-0.15, -0.1) is 11.3 Å². The average molecular weight is 342 g/mol. The van der Waals surface area contributed by atoms with E-state index < -0.39 is 0 Å². The predicted molar refractivity (Wildman–Crippen MR) is 82.5 cm³/mol. The fourth-order valence-electron chi connectivity index (χ4n) is 2.03. The van der Waals surface area contributed by atoms with Gasteiger partial charge in [-0.3, -0.25) is 0 Å². The molecule has 0 aliphatic rings.